The van der Waals surface area contributed by atoms with Crippen molar-refractivity contribution in [1.29, 1.82) is 0 Å². The maximum Gasteiger partial charge on any atom is 0.127 e. The Morgan fingerprint density at radius 2 is 0.857 bits per heavy atom. The highest BCUT2D eigenvalue weighted by Crippen LogP contribution is 2.38. The zero-order chi connectivity index (χ0) is 29.3. The van der Waals surface area contributed by atoms with E-state index in [1.807, 2.05) is 12.1 Å². The van der Waals surface area contributed by atoms with Crippen molar-refractivity contribution in [3.8, 4) is 11.5 Å². The molecule has 0 radical (unpaired) electrons. The number of rotatable bonds is 6. The first kappa shape index (κ1) is 29.4. The summed E-state index contributed by atoms with van der Waals surface area (Å²) in [5.74, 6) is 1.95. The zero-order valence-electron chi connectivity index (χ0n) is 25.3. The topological polar surface area (TPSA) is 24.9 Å². The number of para-hydroxylation sites is 2. The second kappa shape index (κ2) is 14.2. The highest BCUT2D eigenvalue weighted by Gasteiger charge is 2.19. The molecule has 4 heteroatoms. The van der Waals surface area contributed by atoms with Crippen LogP contribution in [0.3, 0.4) is 0 Å². The van der Waals surface area contributed by atoms with Crippen molar-refractivity contribution < 1.29 is 9.47 Å². The summed E-state index contributed by atoms with van der Waals surface area (Å²) in [6, 6.07) is 33.7. The number of hydrogen-bond donors (Lipinski definition) is 0. The van der Waals surface area contributed by atoms with Crippen LogP contribution in [0.25, 0.3) is 11.1 Å². The lowest BCUT2D eigenvalue weighted by atomic mass is 9.93. The normalized spacial score (nSPS) is 15.3. The van der Waals surface area contributed by atoms with E-state index in [1.54, 1.807) is 0 Å². The summed E-state index contributed by atoms with van der Waals surface area (Å²) in [5, 5.41) is 0. The van der Waals surface area contributed by atoms with E-state index in [2.05, 4.69) is 135 Å². The van der Waals surface area contributed by atoms with Crippen molar-refractivity contribution in [3.63, 3.8) is 0 Å². The predicted molar refractivity (Wildman–Crippen MR) is 175 cm³/mol. The lowest BCUT2D eigenvalue weighted by Gasteiger charge is -2.12. The molecule has 2 heterocycles. The molecule has 0 N–H and O–H groups in total. The molecule has 0 aromatic heterocycles. The first-order valence-corrected chi connectivity index (χ1v) is 14.8. The Morgan fingerprint density at radius 3 is 1.26 bits per heavy atom. The van der Waals surface area contributed by atoms with Gasteiger partial charge in [-0.15, -0.1) is 0 Å². The van der Waals surface area contributed by atoms with Gasteiger partial charge in [0.2, 0.25) is 0 Å². The molecule has 4 aromatic rings. The fourth-order valence-corrected chi connectivity index (χ4v) is 5.42. The van der Waals surface area contributed by atoms with E-state index in [1.165, 1.54) is 44.5 Å². The third kappa shape index (κ3) is 7.20. The van der Waals surface area contributed by atoms with Crippen molar-refractivity contribution in [2.45, 2.75) is 26.1 Å². The van der Waals surface area contributed by atoms with E-state index in [4.69, 9.17) is 9.47 Å². The molecule has 4 nitrogen and oxygen atoms in total. The number of fused-ring (bicyclic) bond motifs is 4. The van der Waals surface area contributed by atoms with E-state index in [0.29, 0.717) is 13.2 Å². The molecular weight excluding hydrogens is 516 g/mol. The Morgan fingerprint density at radius 1 is 0.500 bits per heavy atom. The molecule has 0 saturated heterocycles. The smallest absolute Gasteiger partial charge is 0.127 e. The third-order valence-electron chi connectivity index (χ3n) is 7.59. The minimum atomic E-state index is 0.637. The van der Waals surface area contributed by atoms with Crippen molar-refractivity contribution >= 4 is 11.1 Å². The van der Waals surface area contributed by atoms with E-state index in [9.17, 15) is 0 Å². The molecular formula is C38H42N2O2. The molecule has 0 bridgehead atoms. The van der Waals surface area contributed by atoms with Gasteiger partial charge >= 0.3 is 0 Å². The summed E-state index contributed by atoms with van der Waals surface area (Å²) in [5.41, 5.74) is 10.1. The summed E-state index contributed by atoms with van der Waals surface area (Å²) in [7, 11) is 8.43. The lowest BCUT2D eigenvalue weighted by Crippen LogP contribution is -2.12. The van der Waals surface area contributed by atoms with Crippen molar-refractivity contribution in [1.82, 2.24) is 9.80 Å². The fraction of sp³-hybridized carbons (Fsp3) is 0.263. The van der Waals surface area contributed by atoms with Crippen LogP contribution in [0, 0.1) is 0 Å². The van der Waals surface area contributed by atoms with Crippen LogP contribution in [0.2, 0.25) is 0 Å². The highest BCUT2D eigenvalue weighted by molar-refractivity contribution is 5.85. The van der Waals surface area contributed by atoms with Gasteiger partial charge in [0.15, 0.2) is 0 Å². The highest BCUT2D eigenvalue weighted by atomic mass is 16.5. The van der Waals surface area contributed by atoms with Crippen LogP contribution < -0.4 is 9.47 Å². The van der Waals surface area contributed by atoms with E-state index in [-0.39, 0.29) is 0 Å². The Balaban J connectivity index is 0.000000168. The van der Waals surface area contributed by atoms with E-state index < -0.39 is 0 Å². The summed E-state index contributed by atoms with van der Waals surface area (Å²) in [6.45, 7) is 3.37. The number of nitrogens with zero attached hydrogens (tertiary/aromatic N) is 2. The monoisotopic (exact) mass is 558 g/mol. The third-order valence-corrected chi connectivity index (χ3v) is 7.59. The van der Waals surface area contributed by atoms with Crippen molar-refractivity contribution in [2.75, 3.05) is 41.3 Å². The standard InChI is InChI=1S/2C19H21NO/c2*1-20(2)13-7-11-17-16-9-4-3-8-15(16)14-21-19-12-6-5-10-18(17)19/h2*3-6,8-12H,7,13-14H2,1-2H3/b2*17-11-. The van der Waals surface area contributed by atoms with Crippen LogP contribution in [0.1, 0.15) is 46.2 Å². The summed E-state index contributed by atoms with van der Waals surface area (Å²) in [4.78, 5) is 4.42. The van der Waals surface area contributed by atoms with Crippen LogP contribution in [-0.2, 0) is 13.2 Å². The van der Waals surface area contributed by atoms with Gasteiger partial charge in [-0.3, -0.25) is 0 Å². The van der Waals surface area contributed by atoms with Gasteiger partial charge in [-0.25, -0.2) is 0 Å². The molecule has 0 atom stereocenters. The largest absolute Gasteiger partial charge is 0.488 e. The minimum absolute atomic E-state index is 0.637. The maximum atomic E-state index is 5.98. The predicted octanol–water partition coefficient (Wildman–Crippen LogP) is 7.92. The second-order valence-corrected chi connectivity index (χ2v) is 11.3. The first-order chi connectivity index (χ1) is 20.5. The van der Waals surface area contributed by atoms with Gasteiger partial charge in [0.05, 0.1) is 0 Å². The quantitative estimate of drug-likeness (QED) is 0.240. The van der Waals surface area contributed by atoms with Gasteiger partial charge in [-0.2, -0.15) is 0 Å². The molecule has 42 heavy (non-hydrogen) atoms. The molecule has 0 spiro atoms. The first-order valence-electron chi connectivity index (χ1n) is 14.8. The van der Waals surface area contributed by atoms with E-state index >= 15 is 0 Å². The van der Waals surface area contributed by atoms with Crippen LogP contribution in [-0.4, -0.2) is 51.1 Å². The Bertz CT molecular complexity index is 1330. The van der Waals surface area contributed by atoms with Crippen LogP contribution >= 0.6 is 0 Å². The summed E-state index contributed by atoms with van der Waals surface area (Å²) in [6.07, 6.45) is 6.74. The summed E-state index contributed by atoms with van der Waals surface area (Å²) < 4.78 is 12.0. The summed E-state index contributed by atoms with van der Waals surface area (Å²) >= 11 is 0. The van der Waals surface area contributed by atoms with Gasteiger partial charge in [0.25, 0.3) is 0 Å². The minimum Gasteiger partial charge on any atom is -0.488 e. The molecule has 216 valence electrons. The Labute approximate surface area is 251 Å². The van der Waals surface area contributed by atoms with Crippen molar-refractivity contribution in [2.24, 2.45) is 0 Å². The average molecular weight is 559 g/mol. The number of hydrogen-bond acceptors (Lipinski definition) is 4. The Hall–Kier alpha value is -4.12. The van der Waals surface area contributed by atoms with Gasteiger partial charge < -0.3 is 19.3 Å². The molecule has 2 aliphatic rings. The molecule has 0 amide bonds. The van der Waals surface area contributed by atoms with Gasteiger partial charge in [0, 0.05) is 24.2 Å². The number of benzene rings is 4. The van der Waals surface area contributed by atoms with Gasteiger partial charge in [-0.05, 0) is 86.6 Å². The molecule has 0 saturated carbocycles. The van der Waals surface area contributed by atoms with Crippen molar-refractivity contribution in [3.05, 3.63) is 143 Å². The average Bonchev–Trinajstić information content (AvgIpc) is 3.26. The molecule has 6 rings (SSSR count). The molecule has 0 unspecified atom stereocenters. The lowest BCUT2D eigenvalue weighted by molar-refractivity contribution is 0.307. The molecule has 2 aliphatic heterocycles. The zero-order valence-corrected chi connectivity index (χ0v) is 25.3. The fourth-order valence-electron chi connectivity index (χ4n) is 5.42. The van der Waals surface area contributed by atoms with Gasteiger partial charge in [0.1, 0.15) is 24.7 Å². The van der Waals surface area contributed by atoms with Crippen LogP contribution in [0.15, 0.2) is 109 Å². The molecule has 4 aromatic carbocycles. The Kier molecular flexibility index (Phi) is 9.91. The number of ether oxygens (including phenoxy) is 2. The molecule has 0 aliphatic carbocycles. The van der Waals surface area contributed by atoms with Crippen LogP contribution in [0.4, 0.5) is 0 Å². The maximum absolute atomic E-state index is 5.98. The SMILES string of the molecule is CN(C)CC/C=C1/c2ccccc2COc2ccccc21.CN(C)CC/C=C1/c2ccccc2COc2ccccc21. The van der Waals surface area contributed by atoms with Gasteiger partial charge in [-0.1, -0.05) is 97.1 Å². The van der Waals surface area contributed by atoms with Crippen LogP contribution in [0.5, 0.6) is 11.5 Å². The van der Waals surface area contributed by atoms with E-state index in [0.717, 1.165) is 37.4 Å². The molecule has 0 fully saturated rings. The second-order valence-electron chi connectivity index (χ2n) is 11.3.